The zero-order valence-corrected chi connectivity index (χ0v) is 10.3. The first-order valence-electron chi connectivity index (χ1n) is 5.59. The van der Waals surface area contributed by atoms with E-state index in [9.17, 15) is 13.6 Å². The SMILES string of the molecule is CCC(C)(C)CNC(=O)c1cccc(F)c1F. The summed E-state index contributed by atoms with van der Waals surface area (Å²) < 4.78 is 26.2. The van der Waals surface area contributed by atoms with Crippen LogP contribution in [0.2, 0.25) is 0 Å². The lowest BCUT2D eigenvalue weighted by Gasteiger charge is -2.22. The summed E-state index contributed by atoms with van der Waals surface area (Å²) in [6, 6.07) is 3.58. The average Bonchev–Trinajstić information content (AvgIpc) is 2.30. The quantitative estimate of drug-likeness (QED) is 0.862. The molecule has 0 unspecified atom stereocenters. The first-order valence-corrected chi connectivity index (χ1v) is 5.59. The van der Waals surface area contributed by atoms with Crippen LogP contribution in [0.3, 0.4) is 0 Å². The van der Waals surface area contributed by atoms with Crippen LogP contribution in [0.25, 0.3) is 0 Å². The summed E-state index contributed by atoms with van der Waals surface area (Å²) in [5, 5.41) is 2.61. The van der Waals surface area contributed by atoms with Crippen molar-refractivity contribution < 1.29 is 13.6 Å². The van der Waals surface area contributed by atoms with Crippen molar-refractivity contribution in [1.82, 2.24) is 5.32 Å². The van der Waals surface area contributed by atoms with Crippen LogP contribution >= 0.6 is 0 Å². The molecule has 0 saturated heterocycles. The Kier molecular flexibility index (Phi) is 4.21. The van der Waals surface area contributed by atoms with E-state index in [1.54, 1.807) is 0 Å². The summed E-state index contributed by atoms with van der Waals surface area (Å²) in [6.45, 7) is 6.43. The van der Waals surface area contributed by atoms with Gasteiger partial charge in [0.05, 0.1) is 5.56 Å². The molecule has 1 N–H and O–H groups in total. The molecule has 0 bridgehead atoms. The molecule has 0 heterocycles. The minimum atomic E-state index is -1.10. The standard InChI is InChI=1S/C13H17F2NO/c1-4-13(2,3)8-16-12(17)9-6-5-7-10(14)11(9)15/h5-7H,4,8H2,1-3H3,(H,16,17). The summed E-state index contributed by atoms with van der Waals surface area (Å²) in [5.74, 6) is -2.68. The van der Waals surface area contributed by atoms with E-state index in [-0.39, 0.29) is 11.0 Å². The molecule has 0 aliphatic carbocycles. The lowest BCUT2D eigenvalue weighted by molar-refractivity contribution is 0.0930. The number of nitrogens with one attached hydrogen (secondary N) is 1. The van der Waals surface area contributed by atoms with Gasteiger partial charge in [0.15, 0.2) is 11.6 Å². The molecule has 0 radical (unpaired) electrons. The van der Waals surface area contributed by atoms with Crippen LogP contribution in [0.5, 0.6) is 0 Å². The summed E-state index contributed by atoms with van der Waals surface area (Å²) in [5.41, 5.74) is -0.309. The fourth-order valence-corrected chi connectivity index (χ4v) is 1.22. The van der Waals surface area contributed by atoms with Gasteiger partial charge in [0.1, 0.15) is 0 Å². The normalized spacial score (nSPS) is 11.4. The van der Waals surface area contributed by atoms with Crippen molar-refractivity contribution in [3.63, 3.8) is 0 Å². The highest BCUT2D eigenvalue weighted by atomic mass is 19.2. The molecule has 0 aliphatic rings. The molecule has 0 spiro atoms. The molecule has 94 valence electrons. The number of amides is 1. The smallest absolute Gasteiger partial charge is 0.254 e. The molecular formula is C13H17F2NO. The fraction of sp³-hybridized carbons (Fsp3) is 0.462. The predicted octanol–water partition coefficient (Wildman–Crippen LogP) is 3.13. The Morgan fingerprint density at radius 2 is 2.00 bits per heavy atom. The summed E-state index contributed by atoms with van der Waals surface area (Å²) >= 11 is 0. The second-order valence-corrected chi connectivity index (χ2v) is 4.80. The molecular weight excluding hydrogens is 224 g/mol. The second-order valence-electron chi connectivity index (χ2n) is 4.80. The highest BCUT2D eigenvalue weighted by Crippen LogP contribution is 2.18. The van der Waals surface area contributed by atoms with Crippen molar-refractivity contribution in [2.75, 3.05) is 6.54 Å². The Morgan fingerprint density at radius 1 is 1.35 bits per heavy atom. The highest BCUT2D eigenvalue weighted by molar-refractivity contribution is 5.94. The first kappa shape index (κ1) is 13.6. The molecule has 1 aromatic rings. The number of carbonyl (C=O) groups is 1. The van der Waals surface area contributed by atoms with Gasteiger partial charge in [-0.25, -0.2) is 8.78 Å². The van der Waals surface area contributed by atoms with Crippen LogP contribution in [0, 0.1) is 17.0 Å². The van der Waals surface area contributed by atoms with Crippen LogP contribution in [0.15, 0.2) is 18.2 Å². The Bertz CT molecular complexity index is 416. The van der Waals surface area contributed by atoms with Gasteiger partial charge >= 0.3 is 0 Å². The average molecular weight is 241 g/mol. The molecule has 1 aromatic carbocycles. The van der Waals surface area contributed by atoms with Gasteiger partial charge in [0.2, 0.25) is 0 Å². The van der Waals surface area contributed by atoms with E-state index in [1.807, 2.05) is 20.8 Å². The van der Waals surface area contributed by atoms with Crippen molar-refractivity contribution in [2.24, 2.45) is 5.41 Å². The van der Waals surface area contributed by atoms with Gasteiger partial charge in [0, 0.05) is 6.54 Å². The zero-order valence-electron chi connectivity index (χ0n) is 10.3. The molecule has 0 aliphatic heterocycles. The highest BCUT2D eigenvalue weighted by Gasteiger charge is 2.19. The maximum absolute atomic E-state index is 13.3. The molecule has 4 heteroatoms. The first-order chi connectivity index (χ1) is 7.87. The van der Waals surface area contributed by atoms with Crippen molar-refractivity contribution in [3.8, 4) is 0 Å². The fourth-order valence-electron chi connectivity index (χ4n) is 1.22. The molecule has 2 nitrogen and oxygen atoms in total. The largest absolute Gasteiger partial charge is 0.351 e. The minimum absolute atomic E-state index is 0.0561. The Balaban J connectivity index is 2.74. The second kappa shape index (κ2) is 5.25. The monoisotopic (exact) mass is 241 g/mol. The van der Waals surface area contributed by atoms with Crippen LogP contribution in [-0.4, -0.2) is 12.5 Å². The van der Waals surface area contributed by atoms with E-state index < -0.39 is 17.5 Å². The molecule has 17 heavy (non-hydrogen) atoms. The lowest BCUT2D eigenvalue weighted by atomic mass is 9.90. The number of hydrogen-bond donors (Lipinski definition) is 1. The maximum atomic E-state index is 13.3. The van der Waals surface area contributed by atoms with E-state index in [0.717, 1.165) is 12.5 Å². The van der Waals surface area contributed by atoms with Crippen molar-refractivity contribution in [3.05, 3.63) is 35.4 Å². The zero-order chi connectivity index (χ0) is 13.1. The van der Waals surface area contributed by atoms with Gasteiger partial charge in [-0.05, 0) is 24.0 Å². The topological polar surface area (TPSA) is 29.1 Å². The Labute approximate surface area is 100 Å². The third-order valence-corrected chi connectivity index (χ3v) is 2.88. The molecule has 1 amide bonds. The molecule has 1 rings (SSSR count). The van der Waals surface area contributed by atoms with Crippen LogP contribution in [-0.2, 0) is 0 Å². The van der Waals surface area contributed by atoms with Gasteiger partial charge in [-0.1, -0.05) is 26.8 Å². The molecule has 0 atom stereocenters. The summed E-state index contributed by atoms with van der Waals surface area (Å²) in [4.78, 5) is 11.7. The van der Waals surface area contributed by atoms with Gasteiger partial charge in [-0.15, -0.1) is 0 Å². The Hall–Kier alpha value is -1.45. The number of benzene rings is 1. The molecule has 0 aromatic heterocycles. The van der Waals surface area contributed by atoms with Crippen LogP contribution in [0.4, 0.5) is 8.78 Å². The van der Waals surface area contributed by atoms with E-state index in [0.29, 0.717) is 6.54 Å². The number of hydrogen-bond acceptors (Lipinski definition) is 1. The summed E-state index contributed by atoms with van der Waals surface area (Å²) in [6.07, 6.45) is 0.888. The lowest BCUT2D eigenvalue weighted by Crippen LogP contribution is -2.34. The van der Waals surface area contributed by atoms with Gasteiger partial charge in [-0.2, -0.15) is 0 Å². The molecule has 0 saturated carbocycles. The van der Waals surface area contributed by atoms with Gasteiger partial charge < -0.3 is 5.32 Å². The third kappa shape index (κ3) is 3.51. The van der Waals surface area contributed by atoms with E-state index in [1.165, 1.54) is 12.1 Å². The van der Waals surface area contributed by atoms with Gasteiger partial charge in [0.25, 0.3) is 5.91 Å². The Morgan fingerprint density at radius 3 is 2.59 bits per heavy atom. The minimum Gasteiger partial charge on any atom is -0.351 e. The van der Waals surface area contributed by atoms with Crippen molar-refractivity contribution >= 4 is 5.91 Å². The van der Waals surface area contributed by atoms with Crippen LogP contribution < -0.4 is 5.32 Å². The van der Waals surface area contributed by atoms with Crippen molar-refractivity contribution in [1.29, 1.82) is 0 Å². The number of halogens is 2. The van der Waals surface area contributed by atoms with E-state index in [4.69, 9.17) is 0 Å². The number of carbonyl (C=O) groups excluding carboxylic acids is 1. The molecule has 0 fully saturated rings. The maximum Gasteiger partial charge on any atom is 0.254 e. The van der Waals surface area contributed by atoms with Crippen molar-refractivity contribution in [2.45, 2.75) is 27.2 Å². The third-order valence-electron chi connectivity index (χ3n) is 2.88. The van der Waals surface area contributed by atoms with E-state index in [2.05, 4.69) is 5.32 Å². The van der Waals surface area contributed by atoms with E-state index >= 15 is 0 Å². The van der Waals surface area contributed by atoms with Gasteiger partial charge in [-0.3, -0.25) is 4.79 Å². The number of rotatable bonds is 4. The van der Waals surface area contributed by atoms with Crippen LogP contribution in [0.1, 0.15) is 37.6 Å². The summed E-state index contributed by atoms with van der Waals surface area (Å²) in [7, 11) is 0. The predicted molar refractivity (Wildman–Crippen MR) is 62.8 cm³/mol.